The Morgan fingerprint density at radius 2 is 2.12 bits per heavy atom. The van der Waals surface area contributed by atoms with Crippen molar-refractivity contribution in [3.8, 4) is 0 Å². The molecule has 0 amide bonds. The molecule has 0 bridgehead atoms. The maximum atomic E-state index is 11.9. The van der Waals surface area contributed by atoms with Crippen molar-refractivity contribution in [2.75, 3.05) is 0 Å². The van der Waals surface area contributed by atoms with Gasteiger partial charge in [-0.05, 0) is 5.56 Å². The van der Waals surface area contributed by atoms with Gasteiger partial charge >= 0.3 is 0 Å². The molecule has 0 spiro atoms. The molecule has 1 atom stereocenters. The molecule has 1 aromatic rings. The van der Waals surface area contributed by atoms with E-state index in [0.29, 0.717) is 12.8 Å². The maximum Gasteiger partial charge on any atom is 0.154 e. The molecule has 3 heteroatoms. The zero-order valence-electron chi connectivity index (χ0n) is 9.67. The van der Waals surface area contributed by atoms with Gasteiger partial charge < -0.3 is 5.73 Å². The van der Waals surface area contributed by atoms with Crippen LogP contribution in [-0.4, -0.2) is 18.0 Å². The van der Waals surface area contributed by atoms with Gasteiger partial charge in [-0.15, -0.1) is 0 Å². The van der Waals surface area contributed by atoms with Crippen LogP contribution in [0, 0.1) is 0 Å². The first-order valence-corrected chi connectivity index (χ1v) is 5.79. The molecule has 2 rings (SSSR count). The highest BCUT2D eigenvalue weighted by atomic mass is 16.1. The smallest absolute Gasteiger partial charge is 0.154 e. The summed E-state index contributed by atoms with van der Waals surface area (Å²) < 4.78 is 0. The lowest BCUT2D eigenvalue weighted by Crippen LogP contribution is -2.32. The monoisotopic (exact) mass is 228 g/mol. The van der Waals surface area contributed by atoms with Crippen molar-refractivity contribution in [3.05, 3.63) is 47.7 Å². The van der Waals surface area contributed by atoms with Crippen molar-refractivity contribution in [1.82, 2.24) is 0 Å². The van der Waals surface area contributed by atoms with Crippen LogP contribution in [0.2, 0.25) is 0 Å². The second-order valence-corrected chi connectivity index (χ2v) is 4.18. The van der Waals surface area contributed by atoms with Gasteiger partial charge in [0.05, 0.1) is 6.04 Å². The fraction of sp³-hybridized carbons (Fsp3) is 0.286. The van der Waals surface area contributed by atoms with Gasteiger partial charge in [-0.1, -0.05) is 36.4 Å². The van der Waals surface area contributed by atoms with Crippen LogP contribution in [0.4, 0.5) is 0 Å². The standard InChI is InChI=1S/C14H16N2O/c15-13(10-12-7-4-8-16-12)14(17)9-11-5-2-1-3-6-11/h1-3,5-8,13H,4,9-10,15H2/t13-/m0/s1. The highest BCUT2D eigenvalue weighted by Crippen LogP contribution is 2.13. The molecule has 1 aromatic carbocycles. The minimum absolute atomic E-state index is 0.0687. The summed E-state index contributed by atoms with van der Waals surface area (Å²) in [6, 6.07) is 9.23. The average Bonchev–Trinajstić information content (AvgIpc) is 2.83. The zero-order chi connectivity index (χ0) is 12.1. The first-order valence-electron chi connectivity index (χ1n) is 5.79. The summed E-state index contributed by atoms with van der Waals surface area (Å²) in [6.07, 6.45) is 5.65. The molecule has 17 heavy (non-hydrogen) atoms. The van der Waals surface area contributed by atoms with E-state index in [9.17, 15) is 4.79 Å². The van der Waals surface area contributed by atoms with Crippen LogP contribution in [0.25, 0.3) is 0 Å². The third-order valence-corrected chi connectivity index (χ3v) is 2.78. The van der Waals surface area contributed by atoms with E-state index in [-0.39, 0.29) is 5.78 Å². The van der Waals surface area contributed by atoms with Gasteiger partial charge in [0.2, 0.25) is 0 Å². The van der Waals surface area contributed by atoms with Crippen LogP contribution in [0.1, 0.15) is 18.4 Å². The number of nitrogens with two attached hydrogens (primary N) is 1. The summed E-state index contributed by atoms with van der Waals surface area (Å²) in [5.74, 6) is 0.0687. The minimum atomic E-state index is -0.447. The van der Waals surface area contributed by atoms with E-state index < -0.39 is 6.04 Å². The number of ketones is 1. The molecule has 0 saturated carbocycles. The van der Waals surface area contributed by atoms with Gasteiger partial charge in [0.1, 0.15) is 0 Å². The topological polar surface area (TPSA) is 55.4 Å². The molecule has 3 nitrogen and oxygen atoms in total. The first kappa shape index (κ1) is 11.7. The van der Waals surface area contributed by atoms with Crippen molar-refractivity contribution < 1.29 is 4.79 Å². The van der Waals surface area contributed by atoms with Crippen LogP contribution in [0.15, 0.2) is 47.1 Å². The second kappa shape index (κ2) is 5.55. The summed E-state index contributed by atoms with van der Waals surface area (Å²) in [4.78, 5) is 16.1. The Morgan fingerprint density at radius 1 is 1.35 bits per heavy atom. The van der Waals surface area contributed by atoms with Crippen molar-refractivity contribution in [1.29, 1.82) is 0 Å². The minimum Gasteiger partial charge on any atom is -0.321 e. The predicted octanol–water partition coefficient (Wildman–Crippen LogP) is 1.87. The number of aliphatic imine (C=N–C) groups is 1. The molecule has 0 fully saturated rings. The van der Waals surface area contributed by atoms with Crippen molar-refractivity contribution in [2.24, 2.45) is 10.7 Å². The molecule has 88 valence electrons. The van der Waals surface area contributed by atoms with Gasteiger partial charge in [-0.25, -0.2) is 0 Å². The number of hydrogen-bond donors (Lipinski definition) is 1. The summed E-state index contributed by atoms with van der Waals surface area (Å²) >= 11 is 0. The van der Waals surface area contributed by atoms with Gasteiger partial charge in [-0.3, -0.25) is 9.79 Å². The van der Waals surface area contributed by atoms with Crippen LogP contribution in [0.3, 0.4) is 0 Å². The molecule has 1 heterocycles. The molecule has 1 aliphatic rings. The highest BCUT2D eigenvalue weighted by molar-refractivity contribution is 5.86. The van der Waals surface area contributed by atoms with Crippen molar-refractivity contribution in [3.63, 3.8) is 0 Å². The Hall–Kier alpha value is -1.74. The van der Waals surface area contributed by atoms with E-state index >= 15 is 0 Å². The number of rotatable bonds is 5. The van der Waals surface area contributed by atoms with E-state index in [1.54, 1.807) is 0 Å². The van der Waals surface area contributed by atoms with Gasteiger partial charge in [0.15, 0.2) is 5.78 Å². The third kappa shape index (κ3) is 3.36. The Kier molecular flexibility index (Phi) is 3.83. The third-order valence-electron chi connectivity index (χ3n) is 2.78. The number of nitrogens with zero attached hydrogens (tertiary/aromatic N) is 1. The first-order chi connectivity index (χ1) is 8.25. The fourth-order valence-electron chi connectivity index (χ4n) is 1.81. The summed E-state index contributed by atoms with van der Waals surface area (Å²) in [5.41, 5.74) is 7.82. The maximum absolute atomic E-state index is 11.9. The molecular formula is C14H16N2O. The molecule has 1 aliphatic heterocycles. The van der Waals surface area contributed by atoms with Gasteiger partial charge in [0.25, 0.3) is 0 Å². The van der Waals surface area contributed by atoms with Crippen LogP contribution < -0.4 is 5.73 Å². The Balaban J connectivity index is 1.89. The summed E-state index contributed by atoms with van der Waals surface area (Å²) in [6.45, 7) is 0. The van der Waals surface area contributed by atoms with Crippen molar-refractivity contribution >= 4 is 12.0 Å². The Bertz CT molecular complexity index is 449. The lowest BCUT2D eigenvalue weighted by Gasteiger charge is -2.09. The molecule has 2 N–H and O–H groups in total. The highest BCUT2D eigenvalue weighted by Gasteiger charge is 2.16. The number of hydrogen-bond acceptors (Lipinski definition) is 3. The molecule has 0 aliphatic carbocycles. The summed E-state index contributed by atoms with van der Waals surface area (Å²) in [7, 11) is 0. The number of allylic oxidation sites excluding steroid dienone is 1. The molecule has 0 saturated heterocycles. The van der Waals surface area contributed by atoms with Crippen molar-refractivity contribution in [2.45, 2.75) is 25.3 Å². The van der Waals surface area contributed by atoms with E-state index in [1.165, 1.54) is 0 Å². The fourth-order valence-corrected chi connectivity index (χ4v) is 1.81. The quantitative estimate of drug-likeness (QED) is 0.836. The number of carbonyl (C=O) groups excluding carboxylic acids is 1. The van der Waals surface area contributed by atoms with E-state index in [0.717, 1.165) is 17.7 Å². The second-order valence-electron chi connectivity index (χ2n) is 4.18. The van der Waals surface area contributed by atoms with Gasteiger partial charge in [-0.2, -0.15) is 0 Å². The summed E-state index contributed by atoms with van der Waals surface area (Å²) in [5, 5.41) is 0. The van der Waals surface area contributed by atoms with E-state index in [2.05, 4.69) is 4.99 Å². The molecule has 0 radical (unpaired) electrons. The van der Waals surface area contributed by atoms with Gasteiger partial charge in [0, 0.05) is 31.2 Å². The predicted molar refractivity (Wildman–Crippen MR) is 68.9 cm³/mol. The Labute approximate surface area is 101 Å². The van der Waals surface area contributed by atoms with E-state index in [1.807, 2.05) is 42.6 Å². The van der Waals surface area contributed by atoms with Crippen LogP contribution >= 0.6 is 0 Å². The molecule has 0 unspecified atom stereocenters. The Morgan fingerprint density at radius 3 is 2.76 bits per heavy atom. The van der Waals surface area contributed by atoms with E-state index in [4.69, 9.17) is 5.73 Å². The number of Topliss-reactive ketones (excluding diaryl/α,β-unsaturated/α-hetero) is 1. The lowest BCUT2D eigenvalue weighted by molar-refractivity contribution is -0.119. The number of carbonyl (C=O) groups is 1. The van der Waals surface area contributed by atoms with Crippen LogP contribution in [-0.2, 0) is 11.2 Å². The zero-order valence-corrected chi connectivity index (χ0v) is 9.67. The largest absolute Gasteiger partial charge is 0.321 e. The number of benzene rings is 1. The molecular weight excluding hydrogens is 212 g/mol. The average molecular weight is 228 g/mol. The molecule has 0 aromatic heterocycles. The van der Waals surface area contributed by atoms with Crippen LogP contribution in [0.5, 0.6) is 0 Å². The normalized spacial score (nSPS) is 15.7. The lowest BCUT2D eigenvalue weighted by atomic mass is 10.0. The SMILES string of the molecule is N[C@@H](CC1=CCC=N1)C(=O)Cc1ccccc1.